The Bertz CT molecular complexity index is 1040. The second-order valence-corrected chi connectivity index (χ2v) is 7.20. The summed E-state index contributed by atoms with van der Waals surface area (Å²) in [5.41, 5.74) is 2.01. The number of carbonyl (C=O) groups excluding carboxylic acids is 2. The number of aromatic nitrogens is 1. The van der Waals surface area contributed by atoms with E-state index in [9.17, 15) is 9.59 Å². The summed E-state index contributed by atoms with van der Waals surface area (Å²) in [6, 6.07) is 15.5. The Balaban J connectivity index is 1.89. The van der Waals surface area contributed by atoms with Crippen molar-refractivity contribution in [2.24, 2.45) is 4.99 Å². The minimum atomic E-state index is -0.304. The molecular formula is C21H22N2O4S. The minimum absolute atomic E-state index is 0.186. The summed E-state index contributed by atoms with van der Waals surface area (Å²) >= 11 is 1.41. The third kappa shape index (κ3) is 4.86. The minimum Gasteiger partial charge on any atom is -0.497 e. The van der Waals surface area contributed by atoms with Crippen LogP contribution in [0.25, 0.3) is 10.2 Å². The number of amides is 1. The molecule has 0 saturated carbocycles. The molecule has 1 amide bonds. The molecule has 0 saturated heterocycles. The summed E-state index contributed by atoms with van der Waals surface area (Å²) in [5.74, 6) is 0.242. The van der Waals surface area contributed by atoms with E-state index in [0.717, 1.165) is 21.5 Å². The molecule has 0 atom stereocenters. The molecule has 0 fully saturated rings. The molecule has 0 radical (unpaired) electrons. The van der Waals surface area contributed by atoms with Crippen molar-refractivity contribution in [3.63, 3.8) is 0 Å². The average molecular weight is 398 g/mol. The number of aryl methyl sites for hydroxylation is 2. The summed E-state index contributed by atoms with van der Waals surface area (Å²) in [6.07, 6.45) is 1.18. The van der Waals surface area contributed by atoms with E-state index < -0.39 is 0 Å². The van der Waals surface area contributed by atoms with Gasteiger partial charge >= 0.3 is 5.97 Å². The lowest BCUT2D eigenvalue weighted by Crippen LogP contribution is -2.19. The lowest BCUT2D eigenvalue weighted by molar-refractivity contribution is -0.140. The van der Waals surface area contributed by atoms with E-state index in [2.05, 4.69) is 4.99 Å². The molecule has 1 aromatic heterocycles. The topological polar surface area (TPSA) is 69.9 Å². The predicted molar refractivity (Wildman–Crippen MR) is 108 cm³/mol. The maximum atomic E-state index is 12.4. The molecular weight excluding hydrogens is 376 g/mol. The standard InChI is InChI=1S/C21H22N2O4S/c1-26-16-9-10-17-18(14-16)28-21(23(17)13-12-20(25)27-2)22-19(24)11-8-15-6-4-3-5-7-15/h3-7,9-10,14H,8,11-13H2,1-2H3. The van der Waals surface area contributed by atoms with Gasteiger partial charge in [0.2, 0.25) is 5.91 Å². The highest BCUT2D eigenvalue weighted by atomic mass is 32.1. The zero-order chi connectivity index (χ0) is 19.9. The van der Waals surface area contributed by atoms with Gasteiger partial charge in [-0.3, -0.25) is 9.59 Å². The molecule has 7 heteroatoms. The van der Waals surface area contributed by atoms with Crippen molar-refractivity contribution in [3.05, 3.63) is 58.9 Å². The van der Waals surface area contributed by atoms with E-state index in [4.69, 9.17) is 9.47 Å². The fourth-order valence-electron chi connectivity index (χ4n) is 2.85. The van der Waals surface area contributed by atoms with Gasteiger partial charge in [0.25, 0.3) is 0 Å². The second kappa shape index (κ2) is 9.32. The molecule has 3 rings (SSSR count). The molecule has 0 unspecified atom stereocenters. The van der Waals surface area contributed by atoms with Crippen molar-refractivity contribution < 1.29 is 19.1 Å². The van der Waals surface area contributed by atoms with Gasteiger partial charge in [-0.1, -0.05) is 41.7 Å². The zero-order valence-electron chi connectivity index (χ0n) is 15.9. The third-order valence-electron chi connectivity index (χ3n) is 4.35. The number of hydrogen-bond donors (Lipinski definition) is 0. The first kappa shape index (κ1) is 19.8. The van der Waals surface area contributed by atoms with Gasteiger partial charge < -0.3 is 14.0 Å². The second-order valence-electron chi connectivity index (χ2n) is 6.19. The molecule has 1 heterocycles. The number of esters is 1. The molecule has 0 aliphatic heterocycles. The highest BCUT2D eigenvalue weighted by molar-refractivity contribution is 7.16. The largest absolute Gasteiger partial charge is 0.497 e. The van der Waals surface area contributed by atoms with Crippen LogP contribution in [0.4, 0.5) is 0 Å². The van der Waals surface area contributed by atoms with Crippen LogP contribution < -0.4 is 9.54 Å². The number of nitrogens with zero attached hydrogens (tertiary/aromatic N) is 2. The van der Waals surface area contributed by atoms with Crippen LogP contribution in [-0.2, 0) is 27.3 Å². The monoisotopic (exact) mass is 398 g/mol. The van der Waals surface area contributed by atoms with Gasteiger partial charge in [-0.15, -0.1) is 0 Å². The number of methoxy groups -OCH3 is 2. The molecule has 0 aliphatic carbocycles. The number of hydrogen-bond acceptors (Lipinski definition) is 5. The SMILES string of the molecule is COC(=O)CCn1c(=NC(=O)CCc2ccccc2)sc2cc(OC)ccc21. The maximum Gasteiger partial charge on any atom is 0.307 e. The molecule has 0 bridgehead atoms. The Hall–Kier alpha value is -2.93. The van der Waals surface area contributed by atoms with Crippen LogP contribution in [-0.4, -0.2) is 30.7 Å². The normalized spacial score (nSPS) is 11.6. The molecule has 0 N–H and O–H groups in total. The molecule has 0 aliphatic rings. The highest BCUT2D eigenvalue weighted by Crippen LogP contribution is 2.23. The first-order valence-electron chi connectivity index (χ1n) is 8.96. The Morgan fingerprint density at radius 3 is 2.57 bits per heavy atom. The molecule has 6 nitrogen and oxygen atoms in total. The van der Waals surface area contributed by atoms with Gasteiger partial charge in [-0.05, 0) is 30.2 Å². The van der Waals surface area contributed by atoms with E-state index in [1.165, 1.54) is 18.4 Å². The van der Waals surface area contributed by atoms with Crippen LogP contribution >= 0.6 is 11.3 Å². The number of benzene rings is 2. The molecule has 28 heavy (non-hydrogen) atoms. The molecule has 0 spiro atoms. The van der Waals surface area contributed by atoms with Crippen LogP contribution in [0.3, 0.4) is 0 Å². The lowest BCUT2D eigenvalue weighted by Gasteiger charge is -2.05. The molecule has 146 valence electrons. The number of fused-ring (bicyclic) bond motifs is 1. The fraction of sp³-hybridized carbons (Fsp3) is 0.286. The number of thiazole rings is 1. The van der Waals surface area contributed by atoms with Crippen LogP contribution in [0.1, 0.15) is 18.4 Å². The van der Waals surface area contributed by atoms with Crippen molar-refractivity contribution in [1.29, 1.82) is 0 Å². The predicted octanol–water partition coefficient (Wildman–Crippen LogP) is 3.33. The molecule has 3 aromatic rings. The van der Waals surface area contributed by atoms with Crippen molar-refractivity contribution in [1.82, 2.24) is 4.57 Å². The Kier molecular flexibility index (Phi) is 6.60. The highest BCUT2D eigenvalue weighted by Gasteiger charge is 2.11. The average Bonchev–Trinajstić information content (AvgIpc) is 3.07. The summed E-state index contributed by atoms with van der Waals surface area (Å²) in [6.45, 7) is 0.393. The number of ether oxygens (including phenoxy) is 2. The maximum absolute atomic E-state index is 12.4. The van der Waals surface area contributed by atoms with E-state index in [1.54, 1.807) is 7.11 Å². The zero-order valence-corrected chi connectivity index (χ0v) is 16.7. The van der Waals surface area contributed by atoms with Gasteiger partial charge in [0.05, 0.1) is 30.9 Å². The van der Waals surface area contributed by atoms with Crippen LogP contribution in [0, 0.1) is 0 Å². The van der Waals surface area contributed by atoms with Gasteiger partial charge in [0.1, 0.15) is 5.75 Å². The third-order valence-corrected chi connectivity index (χ3v) is 5.39. The van der Waals surface area contributed by atoms with E-state index in [0.29, 0.717) is 24.2 Å². The Labute approximate surface area is 167 Å². The van der Waals surface area contributed by atoms with Crippen molar-refractivity contribution >= 4 is 33.4 Å². The van der Waals surface area contributed by atoms with Crippen molar-refractivity contribution in [2.75, 3.05) is 14.2 Å². The summed E-state index contributed by atoms with van der Waals surface area (Å²) in [5, 5.41) is 0. The van der Waals surface area contributed by atoms with Gasteiger partial charge in [-0.2, -0.15) is 4.99 Å². The Morgan fingerprint density at radius 2 is 1.86 bits per heavy atom. The first-order valence-corrected chi connectivity index (χ1v) is 9.78. The van der Waals surface area contributed by atoms with Gasteiger partial charge in [0.15, 0.2) is 4.80 Å². The van der Waals surface area contributed by atoms with Crippen molar-refractivity contribution in [2.45, 2.75) is 25.8 Å². The fourth-order valence-corrected chi connectivity index (χ4v) is 3.95. The first-order chi connectivity index (χ1) is 13.6. The van der Waals surface area contributed by atoms with Crippen LogP contribution in [0.5, 0.6) is 5.75 Å². The van der Waals surface area contributed by atoms with E-state index in [-0.39, 0.29) is 18.3 Å². The van der Waals surface area contributed by atoms with Gasteiger partial charge in [0, 0.05) is 13.0 Å². The van der Waals surface area contributed by atoms with Crippen molar-refractivity contribution in [3.8, 4) is 5.75 Å². The molecule has 2 aromatic carbocycles. The summed E-state index contributed by atoms with van der Waals surface area (Å²) in [4.78, 5) is 28.9. The lowest BCUT2D eigenvalue weighted by atomic mass is 10.1. The summed E-state index contributed by atoms with van der Waals surface area (Å²) < 4.78 is 12.8. The smallest absolute Gasteiger partial charge is 0.307 e. The van der Waals surface area contributed by atoms with Gasteiger partial charge in [-0.25, -0.2) is 0 Å². The quantitative estimate of drug-likeness (QED) is 0.573. The number of rotatable bonds is 7. The number of carbonyl (C=O) groups is 2. The van der Waals surface area contributed by atoms with Crippen LogP contribution in [0.2, 0.25) is 0 Å². The van der Waals surface area contributed by atoms with Crippen LogP contribution in [0.15, 0.2) is 53.5 Å². The van der Waals surface area contributed by atoms with E-state index in [1.807, 2.05) is 53.1 Å². The van der Waals surface area contributed by atoms with E-state index >= 15 is 0 Å². The Morgan fingerprint density at radius 1 is 1.07 bits per heavy atom. The summed E-state index contributed by atoms with van der Waals surface area (Å²) in [7, 11) is 2.97.